The average Bonchev–Trinajstić information content (AvgIpc) is 3.32. The molecule has 2 aliphatic heterocycles. The van der Waals surface area contributed by atoms with Crippen molar-refractivity contribution in [3.63, 3.8) is 0 Å². The van der Waals surface area contributed by atoms with Gasteiger partial charge in [0, 0.05) is 6.54 Å². The fourth-order valence-electron chi connectivity index (χ4n) is 3.97. The molecule has 1 aromatic carbocycles. The summed E-state index contributed by atoms with van der Waals surface area (Å²) < 4.78 is 12.2. The van der Waals surface area contributed by atoms with Crippen LogP contribution in [0.25, 0.3) is 11.3 Å². The van der Waals surface area contributed by atoms with Gasteiger partial charge in [-0.1, -0.05) is 31.2 Å². The van der Waals surface area contributed by atoms with Gasteiger partial charge in [-0.05, 0) is 51.1 Å². The largest absolute Gasteiger partial charge is 0.494 e. The number of likely N-dealkylation sites (tertiary alicyclic amines) is 1. The molecule has 2 atom stereocenters. The Morgan fingerprint density at radius 1 is 1.21 bits per heavy atom. The number of H-pyrrole nitrogens is 1. The molecule has 0 bridgehead atoms. The number of benzene rings is 1. The van der Waals surface area contributed by atoms with Crippen molar-refractivity contribution in [3.8, 4) is 11.3 Å². The van der Waals surface area contributed by atoms with Crippen LogP contribution in [0.15, 0.2) is 30.5 Å². The van der Waals surface area contributed by atoms with Crippen molar-refractivity contribution in [2.75, 3.05) is 6.54 Å². The van der Waals surface area contributed by atoms with Crippen LogP contribution in [-0.2, 0) is 9.31 Å². The lowest BCUT2D eigenvalue weighted by Gasteiger charge is -2.32. The zero-order valence-corrected chi connectivity index (χ0v) is 17.6. The van der Waals surface area contributed by atoms with Gasteiger partial charge in [0.1, 0.15) is 5.82 Å². The van der Waals surface area contributed by atoms with Gasteiger partial charge in [0.2, 0.25) is 0 Å². The second kappa shape index (κ2) is 6.88. The lowest BCUT2D eigenvalue weighted by Crippen LogP contribution is -2.41. The second-order valence-electron chi connectivity index (χ2n) is 9.18. The van der Waals surface area contributed by atoms with Crippen LogP contribution in [0.3, 0.4) is 0 Å². The van der Waals surface area contributed by atoms with Gasteiger partial charge in [0.05, 0.1) is 29.1 Å². The van der Waals surface area contributed by atoms with E-state index in [4.69, 9.17) is 9.31 Å². The van der Waals surface area contributed by atoms with E-state index in [2.05, 4.69) is 16.9 Å². The maximum absolute atomic E-state index is 11.5. The van der Waals surface area contributed by atoms with Crippen LogP contribution in [0.4, 0.5) is 4.79 Å². The van der Waals surface area contributed by atoms with E-state index in [9.17, 15) is 9.90 Å². The summed E-state index contributed by atoms with van der Waals surface area (Å²) in [5.41, 5.74) is 2.07. The zero-order valence-electron chi connectivity index (χ0n) is 17.6. The van der Waals surface area contributed by atoms with Crippen LogP contribution in [0.5, 0.6) is 0 Å². The van der Waals surface area contributed by atoms with Crippen molar-refractivity contribution in [1.82, 2.24) is 14.9 Å². The molecule has 29 heavy (non-hydrogen) atoms. The minimum atomic E-state index is -0.899. The Morgan fingerprint density at radius 2 is 1.83 bits per heavy atom. The Hall–Kier alpha value is -2.32. The molecule has 0 spiro atoms. The number of aromatic amines is 1. The first-order valence-corrected chi connectivity index (χ1v) is 10.1. The van der Waals surface area contributed by atoms with Crippen LogP contribution < -0.4 is 5.46 Å². The average molecular weight is 397 g/mol. The summed E-state index contributed by atoms with van der Waals surface area (Å²) in [7, 11) is -0.393. The monoisotopic (exact) mass is 397 g/mol. The first-order valence-electron chi connectivity index (χ1n) is 10.1. The summed E-state index contributed by atoms with van der Waals surface area (Å²) in [6.45, 7) is 10.8. The molecule has 2 aromatic rings. The molecular weight excluding hydrogens is 369 g/mol. The molecule has 2 aliphatic rings. The lowest BCUT2D eigenvalue weighted by atomic mass is 9.79. The minimum Gasteiger partial charge on any atom is -0.465 e. The molecule has 2 saturated heterocycles. The maximum atomic E-state index is 11.5. The molecule has 4 rings (SSSR count). The molecule has 1 amide bonds. The van der Waals surface area contributed by atoms with E-state index in [1.54, 1.807) is 6.20 Å². The number of rotatable bonds is 3. The van der Waals surface area contributed by atoms with Crippen LogP contribution in [0.2, 0.25) is 0 Å². The third-order valence-electron chi connectivity index (χ3n) is 6.41. The van der Waals surface area contributed by atoms with E-state index in [1.165, 1.54) is 4.90 Å². The fraction of sp³-hybridized carbons (Fsp3) is 0.524. The van der Waals surface area contributed by atoms with Gasteiger partial charge >= 0.3 is 13.2 Å². The van der Waals surface area contributed by atoms with E-state index in [1.807, 2.05) is 52.0 Å². The quantitative estimate of drug-likeness (QED) is 0.775. The standard InChI is InChI=1S/C21H28BN3O4/c1-13-10-17(25(12-13)19(26)27)18-23-11-16(24-18)14-6-8-15(9-7-14)22-28-20(2,3)21(4,5)29-22/h6-9,11,13,17H,10,12H2,1-5H3,(H,23,24)(H,26,27)/t13-,17-/m0/s1. The number of nitrogens with one attached hydrogen (secondary N) is 1. The van der Waals surface area contributed by atoms with Crippen molar-refractivity contribution in [1.29, 1.82) is 0 Å². The Bertz CT molecular complexity index is 893. The Kier molecular flexibility index (Phi) is 4.74. The van der Waals surface area contributed by atoms with Crippen LogP contribution >= 0.6 is 0 Å². The fourth-order valence-corrected chi connectivity index (χ4v) is 3.97. The predicted molar refractivity (Wildman–Crippen MR) is 111 cm³/mol. The van der Waals surface area contributed by atoms with Gasteiger partial charge in [-0.3, -0.25) is 4.90 Å². The van der Waals surface area contributed by atoms with Gasteiger partial charge in [0.25, 0.3) is 0 Å². The summed E-state index contributed by atoms with van der Waals surface area (Å²) >= 11 is 0. The van der Waals surface area contributed by atoms with Crippen LogP contribution in [0.1, 0.15) is 52.9 Å². The van der Waals surface area contributed by atoms with Gasteiger partial charge in [0.15, 0.2) is 0 Å². The van der Waals surface area contributed by atoms with Gasteiger partial charge in [-0.25, -0.2) is 9.78 Å². The van der Waals surface area contributed by atoms with E-state index in [0.717, 1.165) is 23.1 Å². The third-order valence-corrected chi connectivity index (χ3v) is 6.41. The first kappa shape index (κ1) is 20.0. The van der Waals surface area contributed by atoms with Gasteiger partial charge < -0.3 is 19.4 Å². The molecule has 2 N–H and O–H groups in total. The molecular formula is C21H28BN3O4. The zero-order chi connectivity index (χ0) is 21.0. The third kappa shape index (κ3) is 3.55. The number of hydrogen-bond donors (Lipinski definition) is 2. The van der Waals surface area contributed by atoms with E-state index >= 15 is 0 Å². The number of carbonyl (C=O) groups is 1. The summed E-state index contributed by atoms with van der Waals surface area (Å²) in [6.07, 6.45) is 1.64. The molecule has 2 fully saturated rings. The van der Waals surface area contributed by atoms with Gasteiger partial charge in [-0.2, -0.15) is 0 Å². The summed E-state index contributed by atoms with van der Waals surface area (Å²) in [4.78, 5) is 20.8. The van der Waals surface area contributed by atoms with Crippen molar-refractivity contribution in [3.05, 3.63) is 36.3 Å². The first-order chi connectivity index (χ1) is 13.6. The Morgan fingerprint density at radius 3 is 2.41 bits per heavy atom. The number of nitrogens with zero attached hydrogens (tertiary/aromatic N) is 2. The van der Waals surface area contributed by atoms with Gasteiger partial charge in [-0.15, -0.1) is 0 Å². The van der Waals surface area contributed by atoms with Crippen molar-refractivity contribution in [2.24, 2.45) is 5.92 Å². The SMILES string of the molecule is C[C@H]1C[C@@H](c2ncc(-c3ccc(B4OC(C)(C)C(C)(C)O4)cc3)[nH]2)N(C(=O)O)C1. The number of hydrogen-bond acceptors (Lipinski definition) is 4. The molecule has 8 heteroatoms. The minimum absolute atomic E-state index is 0.222. The highest BCUT2D eigenvalue weighted by molar-refractivity contribution is 6.62. The van der Waals surface area contributed by atoms with Crippen LogP contribution in [0, 0.1) is 5.92 Å². The van der Waals surface area contributed by atoms with Crippen LogP contribution in [-0.4, -0.2) is 50.9 Å². The van der Waals surface area contributed by atoms with Crippen molar-refractivity contribution in [2.45, 2.75) is 58.3 Å². The summed E-state index contributed by atoms with van der Waals surface area (Å²) in [5.74, 6) is 1.02. The molecule has 0 radical (unpaired) electrons. The smallest absolute Gasteiger partial charge is 0.465 e. The summed E-state index contributed by atoms with van der Waals surface area (Å²) in [6, 6.07) is 7.78. The normalized spacial score (nSPS) is 25.6. The predicted octanol–water partition coefficient (Wildman–Crippen LogP) is 3.44. The van der Waals surface area contributed by atoms with Crippen molar-refractivity contribution >= 4 is 18.7 Å². The number of imidazole rings is 1. The van der Waals surface area contributed by atoms with E-state index in [-0.39, 0.29) is 17.2 Å². The highest BCUT2D eigenvalue weighted by Gasteiger charge is 2.51. The summed E-state index contributed by atoms with van der Waals surface area (Å²) in [5, 5.41) is 9.46. The second-order valence-corrected chi connectivity index (χ2v) is 9.18. The van der Waals surface area contributed by atoms with E-state index < -0.39 is 13.2 Å². The molecule has 0 unspecified atom stereocenters. The molecule has 0 aliphatic carbocycles. The highest BCUT2D eigenvalue weighted by atomic mass is 16.7. The van der Waals surface area contributed by atoms with Crippen molar-refractivity contribution < 1.29 is 19.2 Å². The Labute approximate surface area is 171 Å². The number of carboxylic acid groups (broad SMARTS) is 1. The lowest BCUT2D eigenvalue weighted by molar-refractivity contribution is 0.00578. The Balaban J connectivity index is 1.52. The number of aromatic nitrogens is 2. The topological polar surface area (TPSA) is 87.7 Å². The molecule has 7 nitrogen and oxygen atoms in total. The molecule has 3 heterocycles. The highest BCUT2D eigenvalue weighted by Crippen LogP contribution is 2.37. The molecule has 1 aromatic heterocycles. The molecule has 154 valence electrons. The maximum Gasteiger partial charge on any atom is 0.494 e. The van der Waals surface area contributed by atoms with E-state index in [0.29, 0.717) is 18.3 Å². The number of amides is 1. The molecule has 0 saturated carbocycles.